The maximum atomic E-state index is 6.08. The number of nitrogens with zero attached hydrogens (tertiary/aromatic N) is 1. The van der Waals surface area contributed by atoms with Crippen molar-refractivity contribution in [1.29, 1.82) is 0 Å². The van der Waals surface area contributed by atoms with Gasteiger partial charge in [-0.2, -0.15) is 0 Å². The molecule has 0 saturated heterocycles. The summed E-state index contributed by atoms with van der Waals surface area (Å²) in [4.78, 5) is 0. The quantitative estimate of drug-likeness (QED) is 0.819. The summed E-state index contributed by atoms with van der Waals surface area (Å²) in [6.07, 6.45) is 3.86. The number of benzene rings is 1. The number of rotatable bonds is 3. The monoisotopic (exact) mass is 237 g/mol. The van der Waals surface area contributed by atoms with Gasteiger partial charge in [0.2, 0.25) is 0 Å². The maximum Gasteiger partial charge on any atom is 0.146 e. The summed E-state index contributed by atoms with van der Waals surface area (Å²) >= 11 is 6.08. The molecular weight excluding hydrogens is 226 g/mol. The summed E-state index contributed by atoms with van der Waals surface area (Å²) in [6, 6.07) is 7.48. The molecular formula is C12H12ClNO2. The van der Waals surface area contributed by atoms with Gasteiger partial charge in [-0.25, -0.2) is 0 Å². The molecule has 16 heavy (non-hydrogen) atoms. The Morgan fingerprint density at radius 1 is 1.00 bits per heavy atom. The predicted octanol–water partition coefficient (Wildman–Crippen LogP) is 3.15. The minimum absolute atomic E-state index is 0.562. The molecule has 0 radical (unpaired) electrons. The Balaban J connectivity index is 2.57. The minimum atomic E-state index is 0.562. The molecule has 0 atom stereocenters. The van der Waals surface area contributed by atoms with E-state index < -0.39 is 0 Å². The smallest absolute Gasteiger partial charge is 0.146 e. The second-order valence-corrected chi connectivity index (χ2v) is 3.66. The van der Waals surface area contributed by atoms with Crippen LogP contribution in [-0.4, -0.2) is 18.8 Å². The summed E-state index contributed by atoms with van der Waals surface area (Å²) in [6.45, 7) is 0. The van der Waals surface area contributed by atoms with E-state index in [-0.39, 0.29) is 0 Å². The van der Waals surface area contributed by atoms with Crippen LogP contribution in [0.5, 0.6) is 11.5 Å². The van der Waals surface area contributed by atoms with Gasteiger partial charge in [0, 0.05) is 18.5 Å². The van der Waals surface area contributed by atoms with Crippen molar-refractivity contribution < 1.29 is 9.47 Å². The number of ether oxygens (including phenoxy) is 2. The van der Waals surface area contributed by atoms with E-state index in [4.69, 9.17) is 21.1 Å². The normalized spacial score (nSPS) is 10.2. The average Bonchev–Trinajstić information content (AvgIpc) is 2.82. The predicted molar refractivity (Wildman–Crippen MR) is 63.9 cm³/mol. The fourth-order valence-electron chi connectivity index (χ4n) is 1.54. The van der Waals surface area contributed by atoms with Crippen LogP contribution in [0.2, 0.25) is 5.02 Å². The van der Waals surface area contributed by atoms with Crippen molar-refractivity contribution in [3.8, 4) is 17.2 Å². The summed E-state index contributed by atoms with van der Waals surface area (Å²) < 4.78 is 12.4. The topological polar surface area (TPSA) is 23.4 Å². The van der Waals surface area contributed by atoms with Gasteiger partial charge < -0.3 is 14.0 Å². The van der Waals surface area contributed by atoms with E-state index in [1.54, 1.807) is 20.3 Å². The molecule has 4 heteroatoms. The van der Waals surface area contributed by atoms with Crippen LogP contribution in [0.25, 0.3) is 5.69 Å². The fraction of sp³-hybridized carbons (Fsp3) is 0.167. The Labute approximate surface area is 99.2 Å². The molecule has 0 bridgehead atoms. The van der Waals surface area contributed by atoms with E-state index in [0.29, 0.717) is 10.8 Å². The van der Waals surface area contributed by atoms with Gasteiger partial charge >= 0.3 is 0 Å². The molecule has 0 spiro atoms. The molecule has 0 amide bonds. The number of halogens is 1. The van der Waals surface area contributed by atoms with Crippen molar-refractivity contribution in [1.82, 2.24) is 4.57 Å². The molecule has 84 valence electrons. The fourth-order valence-corrected chi connectivity index (χ4v) is 1.78. The Bertz CT molecular complexity index is 480. The van der Waals surface area contributed by atoms with Gasteiger partial charge in [-0.1, -0.05) is 11.6 Å². The standard InChI is InChI=1S/C12H12ClNO2/c1-15-11-8-12(16-2)10(7-9(11)13)14-5-3-4-6-14/h3-8H,1-2H3. The highest BCUT2D eigenvalue weighted by Gasteiger charge is 2.10. The second kappa shape index (κ2) is 4.49. The number of aromatic nitrogens is 1. The van der Waals surface area contributed by atoms with E-state index in [1.165, 1.54) is 0 Å². The molecule has 3 nitrogen and oxygen atoms in total. The van der Waals surface area contributed by atoms with Gasteiger partial charge in [-0.05, 0) is 18.2 Å². The lowest BCUT2D eigenvalue weighted by molar-refractivity contribution is 0.393. The zero-order valence-corrected chi connectivity index (χ0v) is 9.86. The average molecular weight is 238 g/mol. The molecule has 2 rings (SSSR count). The minimum Gasteiger partial charge on any atom is -0.495 e. The highest BCUT2D eigenvalue weighted by molar-refractivity contribution is 6.32. The molecule has 0 unspecified atom stereocenters. The van der Waals surface area contributed by atoms with Crippen LogP contribution < -0.4 is 9.47 Å². The van der Waals surface area contributed by atoms with Crippen molar-refractivity contribution in [2.45, 2.75) is 0 Å². The van der Waals surface area contributed by atoms with Gasteiger partial charge in [0.25, 0.3) is 0 Å². The van der Waals surface area contributed by atoms with Crippen LogP contribution >= 0.6 is 11.6 Å². The number of hydrogen-bond donors (Lipinski definition) is 0. The molecule has 0 N–H and O–H groups in total. The highest BCUT2D eigenvalue weighted by atomic mass is 35.5. The molecule has 2 aromatic rings. The molecule has 0 fully saturated rings. The largest absolute Gasteiger partial charge is 0.495 e. The zero-order chi connectivity index (χ0) is 11.5. The maximum absolute atomic E-state index is 6.08. The first kappa shape index (κ1) is 10.9. The Hall–Kier alpha value is -1.61. The van der Waals surface area contributed by atoms with E-state index in [1.807, 2.05) is 35.2 Å². The van der Waals surface area contributed by atoms with Gasteiger partial charge in [0.1, 0.15) is 11.5 Å². The first-order valence-corrected chi connectivity index (χ1v) is 5.19. The first-order valence-electron chi connectivity index (χ1n) is 4.81. The van der Waals surface area contributed by atoms with E-state index in [0.717, 1.165) is 11.4 Å². The van der Waals surface area contributed by atoms with E-state index >= 15 is 0 Å². The van der Waals surface area contributed by atoms with Crippen LogP contribution in [0.4, 0.5) is 0 Å². The summed E-state index contributed by atoms with van der Waals surface area (Å²) in [5.74, 6) is 1.33. The Morgan fingerprint density at radius 3 is 2.19 bits per heavy atom. The van der Waals surface area contributed by atoms with Crippen molar-refractivity contribution in [3.63, 3.8) is 0 Å². The Morgan fingerprint density at radius 2 is 1.62 bits per heavy atom. The molecule has 0 saturated carbocycles. The van der Waals surface area contributed by atoms with Gasteiger partial charge in [0.05, 0.1) is 24.9 Å². The van der Waals surface area contributed by atoms with Gasteiger partial charge in [0.15, 0.2) is 0 Å². The van der Waals surface area contributed by atoms with Crippen molar-refractivity contribution >= 4 is 11.6 Å². The van der Waals surface area contributed by atoms with E-state index in [2.05, 4.69) is 0 Å². The highest BCUT2D eigenvalue weighted by Crippen LogP contribution is 2.34. The summed E-state index contributed by atoms with van der Waals surface area (Å²) in [5.41, 5.74) is 0.887. The molecule has 1 aromatic heterocycles. The summed E-state index contributed by atoms with van der Waals surface area (Å²) in [5, 5.41) is 0.562. The lowest BCUT2D eigenvalue weighted by Gasteiger charge is -2.12. The number of hydrogen-bond acceptors (Lipinski definition) is 2. The number of methoxy groups -OCH3 is 2. The molecule has 1 heterocycles. The molecule has 1 aromatic carbocycles. The lowest BCUT2D eigenvalue weighted by Crippen LogP contribution is -1.97. The van der Waals surface area contributed by atoms with E-state index in [9.17, 15) is 0 Å². The molecule has 0 aliphatic rings. The van der Waals surface area contributed by atoms with Crippen LogP contribution in [0.1, 0.15) is 0 Å². The third-order valence-corrected chi connectivity index (χ3v) is 2.63. The molecule has 0 aliphatic heterocycles. The lowest BCUT2D eigenvalue weighted by atomic mass is 10.2. The van der Waals surface area contributed by atoms with Gasteiger partial charge in [-0.15, -0.1) is 0 Å². The Kier molecular flexibility index (Phi) is 3.06. The van der Waals surface area contributed by atoms with Crippen molar-refractivity contribution in [2.75, 3.05) is 14.2 Å². The van der Waals surface area contributed by atoms with Gasteiger partial charge in [-0.3, -0.25) is 0 Å². The van der Waals surface area contributed by atoms with Crippen LogP contribution in [0.3, 0.4) is 0 Å². The van der Waals surface area contributed by atoms with Crippen molar-refractivity contribution in [2.24, 2.45) is 0 Å². The third-order valence-electron chi connectivity index (χ3n) is 2.34. The first-order chi connectivity index (χ1) is 7.76. The zero-order valence-electron chi connectivity index (χ0n) is 9.11. The van der Waals surface area contributed by atoms with Crippen LogP contribution in [-0.2, 0) is 0 Å². The van der Waals surface area contributed by atoms with Crippen LogP contribution in [0.15, 0.2) is 36.7 Å². The SMILES string of the molecule is COc1cc(OC)c(-n2cccc2)cc1Cl. The third kappa shape index (κ3) is 1.86. The molecule has 0 aliphatic carbocycles. The van der Waals surface area contributed by atoms with Crippen molar-refractivity contribution in [3.05, 3.63) is 41.7 Å². The van der Waals surface area contributed by atoms with Crippen LogP contribution in [0, 0.1) is 0 Å². The summed E-state index contributed by atoms with van der Waals surface area (Å²) in [7, 11) is 3.20. The second-order valence-electron chi connectivity index (χ2n) is 3.25.